The molecular formula is C22H28FN5O4. The molecule has 3 amide bonds. The monoisotopic (exact) mass is 445 g/mol. The van der Waals surface area contributed by atoms with E-state index < -0.39 is 11.4 Å². The number of likely N-dealkylation sites (N-methyl/N-ethyl adjacent to an activating group) is 1. The summed E-state index contributed by atoms with van der Waals surface area (Å²) in [6, 6.07) is 7.24. The summed E-state index contributed by atoms with van der Waals surface area (Å²) in [4.78, 5) is 39.7. The first-order chi connectivity index (χ1) is 15.3. The first-order valence-corrected chi connectivity index (χ1v) is 10.5. The van der Waals surface area contributed by atoms with E-state index in [-0.39, 0.29) is 42.1 Å². The van der Waals surface area contributed by atoms with Crippen molar-refractivity contribution < 1.29 is 23.5 Å². The molecule has 1 unspecified atom stereocenters. The first kappa shape index (κ1) is 23.4. The predicted molar refractivity (Wildman–Crippen MR) is 114 cm³/mol. The highest BCUT2D eigenvalue weighted by molar-refractivity contribution is 6.01. The largest absolute Gasteiger partial charge is 0.382 e. The van der Waals surface area contributed by atoms with E-state index in [1.165, 1.54) is 27.8 Å². The fourth-order valence-corrected chi connectivity index (χ4v) is 3.42. The van der Waals surface area contributed by atoms with Gasteiger partial charge in [0.1, 0.15) is 17.1 Å². The second-order valence-corrected chi connectivity index (χ2v) is 7.83. The molecule has 0 saturated carbocycles. The number of rotatable bonds is 9. The van der Waals surface area contributed by atoms with Crippen molar-refractivity contribution >= 4 is 17.7 Å². The molecule has 0 spiro atoms. The number of fused-ring (bicyclic) bond motifs is 1. The average Bonchev–Trinajstić information content (AvgIpc) is 3.20. The zero-order valence-electron chi connectivity index (χ0n) is 18.5. The quantitative estimate of drug-likeness (QED) is 0.567. The van der Waals surface area contributed by atoms with Crippen molar-refractivity contribution in [2.24, 2.45) is 0 Å². The van der Waals surface area contributed by atoms with Gasteiger partial charge >= 0.3 is 0 Å². The summed E-state index contributed by atoms with van der Waals surface area (Å²) in [5, 5.41) is 9.81. The van der Waals surface area contributed by atoms with Crippen LogP contribution < -0.4 is 10.6 Å². The molecule has 3 rings (SSSR count). The molecule has 10 heteroatoms. The molecule has 1 aliphatic rings. The number of amides is 3. The van der Waals surface area contributed by atoms with Gasteiger partial charge in [0.2, 0.25) is 5.91 Å². The summed E-state index contributed by atoms with van der Waals surface area (Å²) in [6.45, 7) is 5.43. The number of aromatic nitrogens is 2. The Balaban J connectivity index is 1.67. The van der Waals surface area contributed by atoms with E-state index in [0.717, 1.165) is 5.56 Å². The van der Waals surface area contributed by atoms with Gasteiger partial charge in [-0.15, -0.1) is 0 Å². The van der Waals surface area contributed by atoms with Gasteiger partial charge in [-0.25, -0.2) is 4.39 Å². The van der Waals surface area contributed by atoms with E-state index in [0.29, 0.717) is 26.2 Å². The molecule has 32 heavy (non-hydrogen) atoms. The minimum Gasteiger partial charge on any atom is -0.382 e. The Morgan fingerprint density at radius 3 is 2.66 bits per heavy atom. The van der Waals surface area contributed by atoms with Crippen LogP contribution in [0.1, 0.15) is 46.8 Å². The second-order valence-electron chi connectivity index (χ2n) is 7.83. The lowest BCUT2D eigenvalue weighted by atomic mass is 9.96. The second kappa shape index (κ2) is 9.90. The van der Waals surface area contributed by atoms with Gasteiger partial charge in [-0.1, -0.05) is 12.1 Å². The molecule has 1 aliphatic heterocycles. The van der Waals surface area contributed by atoms with Gasteiger partial charge in [0, 0.05) is 39.4 Å². The maximum atomic E-state index is 13.1. The van der Waals surface area contributed by atoms with Crippen LogP contribution in [0, 0.1) is 5.82 Å². The van der Waals surface area contributed by atoms with Crippen LogP contribution in [0.5, 0.6) is 0 Å². The van der Waals surface area contributed by atoms with Crippen LogP contribution in [0.4, 0.5) is 4.39 Å². The van der Waals surface area contributed by atoms with Crippen molar-refractivity contribution in [3.05, 3.63) is 53.1 Å². The maximum absolute atomic E-state index is 13.1. The lowest BCUT2D eigenvalue weighted by molar-refractivity contribution is -0.132. The smallest absolute Gasteiger partial charge is 0.272 e. The fourth-order valence-electron chi connectivity index (χ4n) is 3.42. The van der Waals surface area contributed by atoms with Gasteiger partial charge in [0.15, 0.2) is 5.69 Å². The van der Waals surface area contributed by atoms with E-state index in [2.05, 4.69) is 15.7 Å². The van der Waals surface area contributed by atoms with Gasteiger partial charge in [0.05, 0.1) is 6.54 Å². The van der Waals surface area contributed by atoms with E-state index in [9.17, 15) is 18.8 Å². The van der Waals surface area contributed by atoms with Crippen molar-refractivity contribution in [3.63, 3.8) is 0 Å². The molecule has 0 bridgehead atoms. The van der Waals surface area contributed by atoms with Crippen LogP contribution in [0.15, 0.2) is 30.3 Å². The number of nitrogens with zero attached hydrogens (tertiary/aromatic N) is 3. The third-order valence-corrected chi connectivity index (χ3v) is 5.54. The Morgan fingerprint density at radius 2 is 1.97 bits per heavy atom. The molecule has 9 nitrogen and oxygen atoms in total. The highest BCUT2D eigenvalue weighted by atomic mass is 19.1. The van der Waals surface area contributed by atoms with Crippen LogP contribution in [0.25, 0.3) is 0 Å². The molecule has 1 atom stereocenters. The van der Waals surface area contributed by atoms with Crippen LogP contribution >= 0.6 is 0 Å². The molecule has 0 radical (unpaired) electrons. The fraction of sp³-hybridized carbons (Fsp3) is 0.455. The molecule has 2 heterocycles. The summed E-state index contributed by atoms with van der Waals surface area (Å²) in [5.41, 5.74) is -0.109. The summed E-state index contributed by atoms with van der Waals surface area (Å²) >= 11 is 0. The van der Waals surface area contributed by atoms with Gasteiger partial charge in [-0.3, -0.25) is 19.1 Å². The van der Waals surface area contributed by atoms with Crippen LogP contribution in [0.3, 0.4) is 0 Å². The van der Waals surface area contributed by atoms with E-state index in [1.807, 2.05) is 6.92 Å². The van der Waals surface area contributed by atoms with Crippen LogP contribution in [0.2, 0.25) is 0 Å². The van der Waals surface area contributed by atoms with E-state index >= 15 is 0 Å². The van der Waals surface area contributed by atoms with Gasteiger partial charge in [-0.05, 0) is 38.0 Å². The molecule has 0 fully saturated rings. The standard InChI is InChI=1S/C22H28FN5O4/c1-4-32-11-5-10-24-19(29)17-12-18-20(30)27(3)22(2,14-28(18)26-17)21(31)25-13-15-6-8-16(23)9-7-15/h6-9,12H,4-5,10-11,13-14H2,1-3H3,(H,24,29)(H,25,31). The Bertz CT molecular complexity index is 991. The molecule has 172 valence electrons. The zero-order chi connectivity index (χ0) is 23.3. The highest BCUT2D eigenvalue weighted by Gasteiger charge is 2.46. The Hall–Kier alpha value is -3.27. The molecule has 2 N–H and O–H groups in total. The summed E-state index contributed by atoms with van der Waals surface area (Å²) < 4.78 is 19.7. The number of benzene rings is 1. The van der Waals surface area contributed by atoms with Crippen molar-refractivity contribution in [1.29, 1.82) is 0 Å². The Kier molecular flexibility index (Phi) is 7.24. The first-order valence-electron chi connectivity index (χ1n) is 10.5. The lowest BCUT2D eigenvalue weighted by Gasteiger charge is -2.40. The number of hydrogen-bond donors (Lipinski definition) is 2. The normalized spacial score (nSPS) is 17.8. The number of nitrogens with one attached hydrogen (secondary N) is 2. The molecule has 0 aliphatic carbocycles. The van der Waals surface area contributed by atoms with Gasteiger partial charge in [0.25, 0.3) is 11.8 Å². The topological polar surface area (TPSA) is 106 Å². The number of ether oxygens (including phenoxy) is 1. The van der Waals surface area contributed by atoms with E-state index in [4.69, 9.17) is 4.74 Å². The van der Waals surface area contributed by atoms with Crippen molar-refractivity contribution in [2.45, 2.75) is 38.9 Å². The number of hydrogen-bond acceptors (Lipinski definition) is 5. The lowest BCUT2D eigenvalue weighted by Crippen LogP contribution is -2.62. The summed E-state index contributed by atoms with van der Waals surface area (Å²) in [5.74, 6) is -1.52. The SMILES string of the molecule is CCOCCCNC(=O)c1cc2n(n1)CC(C)(C(=O)NCc1ccc(F)cc1)N(C)C2=O. The van der Waals surface area contributed by atoms with E-state index in [1.54, 1.807) is 26.1 Å². The minimum absolute atomic E-state index is 0.0947. The number of halogens is 1. The van der Waals surface area contributed by atoms with Crippen LogP contribution in [-0.2, 0) is 22.6 Å². The number of carbonyl (C=O) groups is 3. The van der Waals surface area contributed by atoms with Crippen LogP contribution in [-0.4, -0.2) is 64.7 Å². The summed E-state index contributed by atoms with van der Waals surface area (Å²) in [6.07, 6.45) is 0.668. The highest BCUT2D eigenvalue weighted by Crippen LogP contribution is 2.26. The molecule has 2 aromatic rings. The third-order valence-electron chi connectivity index (χ3n) is 5.54. The van der Waals surface area contributed by atoms with Gasteiger partial charge in [-0.2, -0.15) is 5.10 Å². The number of carbonyl (C=O) groups excluding carboxylic acids is 3. The molecule has 1 aromatic heterocycles. The molecular weight excluding hydrogens is 417 g/mol. The minimum atomic E-state index is -1.21. The zero-order valence-corrected chi connectivity index (χ0v) is 18.5. The Labute approximate surface area is 185 Å². The maximum Gasteiger partial charge on any atom is 0.272 e. The molecule has 0 saturated heterocycles. The van der Waals surface area contributed by atoms with Crippen molar-refractivity contribution in [3.8, 4) is 0 Å². The van der Waals surface area contributed by atoms with Crippen molar-refractivity contribution in [2.75, 3.05) is 26.8 Å². The van der Waals surface area contributed by atoms with Crippen molar-refractivity contribution in [1.82, 2.24) is 25.3 Å². The average molecular weight is 445 g/mol. The van der Waals surface area contributed by atoms with Gasteiger partial charge < -0.3 is 20.3 Å². The summed E-state index contributed by atoms with van der Waals surface area (Å²) in [7, 11) is 1.55. The third kappa shape index (κ3) is 4.96. The molecule has 1 aromatic carbocycles. The predicted octanol–water partition coefficient (Wildman–Crippen LogP) is 1.34. The Morgan fingerprint density at radius 1 is 1.25 bits per heavy atom.